The molecule has 3 atom stereocenters. The first-order chi connectivity index (χ1) is 15.2. The predicted molar refractivity (Wildman–Crippen MR) is 117 cm³/mol. The van der Waals surface area contributed by atoms with Crippen molar-refractivity contribution in [1.29, 1.82) is 0 Å². The van der Waals surface area contributed by atoms with E-state index in [-0.39, 0.29) is 42.3 Å². The van der Waals surface area contributed by atoms with Crippen LogP contribution in [-0.4, -0.2) is 60.3 Å². The first kappa shape index (κ1) is 20.2. The minimum atomic E-state index is -0.248. The number of benzene rings is 2. The Kier molecular flexibility index (Phi) is 5.50. The van der Waals surface area contributed by atoms with E-state index < -0.39 is 0 Å². The van der Waals surface area contributed by atoms with E-state index in [0.29, 0.717) is 26.2 Å². The summed E-state index contributed by atoms with van der Waals surface area (Å²) in [6.45, 7) is 1.64. The number of aliphatic hydroxyl groups is 1. The van der Waals surface area contributed by atoms with E-state index in [0.717, 1.165) is 29.7 Å². The van der Waals surface area contributed by atoms with Gasteiger partial charge < -0.3 is 19.6 Å². The Balaban J connectivity index is 1.43. The molecular weight excluding hydrogens is 392 g/mol. The summed E-state index contributed by atoms with van der Waals surface area (Å²) in [5, 5.41) is 10.1. The van der Waals surface area contributed by atoms with Crippen LogP contribution in [0.3, 0.4) is 0 Å². The average molecular weight is 421 g/mol. The van der Waals surface area contributed by atoms with Crippen molar-refractivity contribution < 1.29 is 19.4 Å². The molecule has 6 nitrogen and oxygen atoms in total. The molecule has 3 aliphatic rings. The fraction of sp³-hybridized carbons (Fsp3) is 0.440. The summed E-state index contributed by atoms with van der Waals surface area (Å²) < 4.78 is 5.44. The van der Waals surface area contributed by atoms with E-state index in [1.165, 1.54) is 0 Å². The van der Waals surface area contributed by atoms with E-state index in [2.05, 4.69) is 0 Å². The number of carbonyl (C=O) groups excluding carboxylic acids is 2. The van der Waals surface area contributed by atoms with Gasteiger partial charge in [0.05, 0.1) is 25.1 Å². The number of anilines is 1. The van der Waals surface area contributed by atoms with E-state index in [4.69, 9.17) is 4.74 Å². The van der Waals surface area contributed by atoms with Crippen molar-refractivity contribution in [1.82, 2.24) is 4.90 Å². The number of hydrogen-bond acceptors (Lipinski definition) is 4. The minimum absolute atomic E-state index is 0.00402. The van der Waals surface area contributed by atoms with Crippen LogP contribution in [0.5, 0.6) is 0 Å². The lowest BCUT2D eigenvalue weighted by Gasteiger charge is -2.59. The minimum Gasteiger partial charge on any atom is -0.394 e. The lowest BCUT2D eigenvalue weighted by molar-refractivity contribution is -0.150. The largest absolute Gasteiger partial charge is 0.394 e. The lowest BCUT2D eigenvalue weighted by Crippen LogP contribution is -2.71. The maximum absolute atomic E-state index is 13.4. The SMILES string of the molecule is O=C(C1CCOCC1)N1C[C@H]2[C@H](c3ccccc31)[C@@H](CO)N2C(=O)Cc1ccccc1. The number of para-hydroxylation sites is 1. The second-order valence-corrected chi connectivity index (χ2v) is 8.70. The molecule has 2 fully saturated rings. The number of likely N-dealkylation sites (tertiary alicyclic amines) is 1. The van der Waals surface area contributed by atoms with Gasteiger partial charge in [0, 0.05) is 37.3 Å². The van der Waals surface area contributed by atoms with Crippen molar-refractivity contribution in [3.63, 3.8) is 0 Å². The molecule has 0 aliphatic carbocycles. The van der Waals surface area contributed by atoms with Crippen LogP contribution in [0.1, 0.15) is 29.9 Å². The molecule has 0 bridgehead atoms. The number of carbonyl (C=O) groups is 2. The van der Waals surface area contributed by atoms with Crippen LogP contribution in [0.4, 0.5) is 5.69 Å². The number of fused-ring (bicyclic) bond motifs is 3. The molecule has 3 heterocycles. The van der Waals surface area contributed by atoms with Gasteiger partial charge in [0.15, 0.2) is 0 Å². The van der Waals surface area contributed by atoms with E-state index in [1.807, 2.05) is 64.4 Å². The molecule has 2 saturated heterocycles. The summed E-state index contributed by atoms with van der Waals surface area (Å²) in [5.74, 6) is 0.140. The zero-order valence-corrected chi connectivity index (χ0v) is 17.5. The Morgan fingerprint density at radius 2 is 1.71 bits per heavy atom. The molecule has 1 N–H and O–H groups in total. The van der Waals surface area contributed by atoms with Gasteiger partial charge in [-0.25, -0.2) is 0 Å². The van der Waals surface area contributed by atoms with Crippen molar-refractivity contribution in [2.24, 2.45) is 5.92 Å². The summed E-state index contributed by atoms with van der Waals surface area (Å²) in [6.07, 6.45) is 1.78. The first-order valence-corrected chi connectivity index (χ1v) is 11.1. The van der Waals surface area contributed by atoms with Crippen molar-refractivity contribution in [2.45, 2.75) is 37.3 Å². The van der Waals surface area contributed by atoms with Crippen molar-refractivity contribution in [3.8, 4) is 0 Å². The number of amides is 2. The molecule has 3 aliphatic heterocycles. The highest BCUT2D eigenvalue weighted by Crippen LogP contribution is 2.48. The van der Waals surface area contributed by atoms with Gasteiger partial charge in [-0.2, -0.15) is 0 Å². The molecule has 6 heteroatoms. The Morgan fingerprint density at radius 3 is 2.45 bits per heavy atom. The smallest absolute Gasteiger partial charge is 0.230 e. The quantitative estimate of drug-likeness (QED) is 0.825. The second kappa shape index (κ2) is 8.44. The van der Waals surface area contributed by atoms with Gasteiger partial charge >= 0.3 is 0 Å². The number of hydrogen-bond donors (Lipinski definition) is 1. The maximum Gasteiger partial charge on any atom is 0.230 e. The van der Waals surface area contributed by atoms with Crippen LogP contribution >= 0.6 is 0 Å². The average Bonchev–Trinajstić information content (AvgIpc) is 2.80. The highest BCUT2D eigenvalue weighted by molar-refractivity contribution is 5.97. The third-order valence-corrected chi connectivity index (χ3v) is 7.01. The first-order valence-electron chi connectivity index (χ1n) is 11.1. The van der Waals surface area contributed by atoms with Crippen molar-refractivity contribution in [2.75, 3.05) is 31.3 Å². The highest BCUT2D eigenvalue weighted by atomic mass is 16.5. The monoisotopic (exact) mass is 420 g/mol. The molecule has 0 unspecified atom stereocenters. The fourth-order valence-electron chi connectivity index (χ4n) is 5.47. The second-order valence-electron chi connectivity index (χ2n) is 8.70. The molecule has 0 saturated carbocycles. The number of ether oxygens (including phenoxy) is 1. The van der Waals surface area contributed by atoms with E-state index in [1.54, 1.807) is 0 Å². The van der Waals surface area contributed by atoms with Gasteiger partial charge in [0.25, 0.3) is 0 Å². The zero-order chi connectivity index (χ0) is 21.4. The Labute approximate surface area is 182 Å². The normalized spacial score (nSPS) is 25.4. The number of rotatable bonds is 4. The molecule has 31 heavy (non-hydrogen) atoms. The third-order valence-electron chi connectivity index (χ3n) is 7.01. The Bertz CT molecular complexity index is 957. The van der Waals surface area contributed by atoms with E-state index >= 15 is 0 Å². The van der Waals surface area contributed by atoms with Crippen LogP contribution < -0.4 is 4.90 Å². The maximum atomic E-state index is 13.4. The van der Waals surface area contributed by atoms with Gasteiger partial charge in [-0.15, -0.1) is 0 Å². The Hall–Kier alpha value is -2.70. The van der Waals surface area contributed by atoms with Crippen LogP contribution in [0.2, 0.25) is 0 Å². The molecule has 2 aromatic rings. The number of aliphatic hydroxyl groups excluding tert-OH is 1. The summed E-state index contributed by atoms with van der Waals surface area (Å²) in [5.41, 5.74) is 2.94. The van der Waals surface area contributed by atoms with E-state index in [9.17, 15) is 14.7 Å². The zero-order valence-electron chi connectivity index (χ0n) is 17.5. The highest BCUT2D eigenvalue weighted by Gasteiger charge is 2.55. The standard InChI is InChI=1S/C25H28N2O4/c28-16-22-24-19-8-4-5-9-20(19)26(25(30)18-10-12-31-13-11-18)15-21(24)27(22)23(29)14-17-6-2-1-3-7-17/h1-9,18,21-22,24,28H,10-16H2/t21-,22+,24-/m0/s1. The molecule has 0 aromatic heterocycles. The summed E-state index contributed by atoms with van der Waals surface area (Å²) in [4.78, 5) is 30.3. The fourth-order valence-corrected chi connectivity index (χ4v) is 5.47. The van der Waals surface area contributed by atoms with Crippen molar-refractivity contribution in [3.05, 3.63) is 65.7 Å². The van der Waals surface area contributed by atoms with Gasteiger partial charge in [0.1, 0.15) is 0 Å². The molecule has 5 rings (SSSR count). The third kappa shape index (κ3) is 3.54. The van der Waals surface area contributed by atoms with Gasteiger partial charge in [-0.05, 0) is 30.0 Å². The predicted octanol–water partition coefficient (Wildman–Crippen LogP) is 2.36. The van der Waals surface area contributed by atoms with Crippen LogP contribution in [0, 0.1) is 5.92 Å². The molecule has 0 spiro atoms. The van der Waals surface area contributed by atoms with Crippen LogP contribution in [0.25, 0.3) is 0 Å². The molecule has 2 amide bonds. The van der Waals surface area contributed by atoms with Crippen LogP contribution in [-0.2, 0) is 20.7 Å². The molecule has 0 radical (unpaired) electrons. The van der Waals surface area contributed by atoms with Gasteiger partial charge in [0.2, 0.25) is 11.8 Å². The molecular formula is C25H28N2O4. The summed E-state index contributed by atoms with van der Waals surface area (Å²) >= 11 is 0. The molecule has 162 valence electrons. The van der Waals surface area contributed by atoms with Gasteiger partial charge in [-0.3, -0.25) is 9.59 Å². The topological polar surface area (TPSA) is 70.1 Å². The van der Waals surface area contributed by atoms with Gasteiger partial charge in [-0.1, -0.05) is 48.5 Å². The number of nitrogens with zero attached hydrogens (tertiary/aromatic N) is 2. The summed E-state index contributed by atoms with van der Waals surface area (Å²) in [6, 6.07) is 17.3. The Morgan fingerprint density at radius 1 is 1.00 bits per heavy atom. The van der Waals surface area contributed by atoms with Crippen molar-refractivity contribution >= 4 is 17.5 Å². The molecule has 2 aromatic carbocycles. The van der Waals surface area contributed by atoms with Crippen LogP contribution in [0.15, 0.2) is 54.6 Å². The summed E-state index contributed by atoms with van der Waals surface area (Å²) in [7, 11) is 0. The lowest BCUT2D eigenvalue weighted by atomic mass is 9.71.